The van der Waals surface area contributed by atoms with E-state index in [1.54, 1.807) is 6.07 Å². The van der Waals surface area contributed by atoms with E-state index in [-0.39, 0.29) is 27.8 Å². The van der Waals surface area contributed by atoms with Crippen molar-refractivity contribution in [3.63, 3.8) is 0 Å². The Morgan fingerprint density at radius 1 is 1.20 bits per heavy atom. The molecule has 1 aliphatic heterocycles. The van der Waals surface area contributed by atoms with Gasteiger partial charge in [-0.15, -0.1) is 0 Å². The van der Waals surface area contributed by atoms with Crippen molar-refractivity contribution < 1.29 is 13.2 Å². The molecule has 138 valence electrons. The summed E-state index contributed by atoms with van der Waals surface area (Å²) in [5.74, 6) is 0.508. The molecule has 0 aromatic heterocycles. The highest BCUT2D eigenvalue weighted by molar-refractivity contribution is 7.89. The zero-order valence-electron chi connectivity index (χ0n) is 14.0. The Hall–Kier alpha value is -0.820. The van der Waals surface area contributed by atoms with Crippen LogP contribution in [0.15, 0.2) is 23.1 Å². The molecule has 5 nitrogen and oxygen atoms in total. The lowest BCUT2D eigenvalue weighted by molar-refractivity contribution is -0.126. The summed E-state index contributed by atoms with van der Waals surface area (Å²) in [6, 6.07) is 4.62. The zero-order chi connectivity index (χ0) is 18.2. The molecular formula is C17H22Cl2N2O3S. The van der Waals surface area contributed by atoms with Crippen LogP contribution in [0.3, 0.4) is 0 Å². The average molecular weight is 405 g/mol. The molecule has 1 N–H and O–H groups in total. The van der Waals surface area contributed by atoms with Gasteiger partial charge in [0.15, 0.2) is 0 Å². The number of hydrogen-bond donors (Lipinski definition) is 1. The van der Waals surface area contributed by atoms with E-state index in [4.69, 9.17) is 23.2 Å². The Balaban J connectivity index is 1.63. The van der Waals surface area contributed by atoms with Gasteiger partial charge in [0.1, 0.15) is 4.90 Å². The third-order valence-corrected chi connectivity index (χ3v) is 7.65. The number of carbonyl (C=O) groups is 1. The molecule has 1 aromatic carbocycles. The zero-order valence-corrected chi connectivity index (χ0v) is 16.4. The van der Waals surface area contributed by atoms with Gasteiger partial charge in [0.2, 0.25) is 15.9 Å². The first-order valence-corrected chi connectivity index (χ1v) is 10.7. The van der Waals surface area contributed by atoms with Crippen molar-refractivity contribution in [1.82, 2.24) is 9.62 Å². The topological polar surface area (TPSA) is 66.5 Å². The lowest BCUT2D eigenvalue weighted by Crippen LogP contribution is -2.45. The molecule has 0 radical (unpaired) electrons. The van der Waals surface area contributed by atoms with Gasteiger partial charge >= 0.3 is 0 Å². The fraction of sp³-hybridized carbons (Fsp3) is 0.588. The van der Waals surface area contributed by atoms with Crippen molar-refractivity contribution in [2.45, 2.75) is 43.5 Å². The number of carbonyl (C=O) groups excluding carboxylic acids is 1. The number of rotatable bonds is 5. The van der Waals surface area contributed by atoms with E-state index in [2.05, 4.69) is 5.32 Å². The van der Waals surface area contributed by atoms with Gasteiger partial charge in [-0.2, -0.15) is 4.31 Å². The van der Waals surface area contributed by atoms with Crippen LogP contribution < -0.4 is 5.32 Å². The molecule has 1 heterocycles. The summed E-state index contributed by atoms with van der Waals surface area (Å²) in [6.45, 7) is 2.65. The van der Waals surface area contributed by atoms with Gasteiger partial charge in [0, 0.05) is 30.1 Å². The maximum atomic E-state index is 12.8. The standard InChI is InChI=1S/C17H22Cl2N2O3S/c1-11(12-2-3-12)20-17(22)13-6-8-21(9-7-13)25(23,24)16-10-14(18)4-5-15(16)19/h4-5,10-13H,2-3,6-9H2,1H3,(H,20,22). The molecule has 1 aromatic rings. The molecule has 1 saturated heterocycles. The summed E-state index contributed by atoms with van der Waals surface area (Å²) >= 11 is 12.0. The normalized spacial score (nSPS) is 21.1. The summed E-state index contributed by atoms with van der Waals surface area (Å²) in [5.41, 5.74) is 0. The predicted octanol–water partition coefficient (Wildman–Crippen LogP) is 3.31. The third-order valence-electron chi connectivity index (χ3n) is 5.03. The number of hydrogen-bond acceptors (Lipinski definition) is 3. The van der Waals surface area contributed by atoms with E-state index >= 15 is 0 Å². The van der Waals surface area contributed by atoms with Crippen molar-refractivity contribution in [2.24, 2.45) is 11.8 Å². The maximum absolute atomic E-state index is 12.8. The van der Waals surface area contributed by atoms with Crippen LogP contribution in [0.1, 0.15) is 32.6 Å². The van der Waals surface area contributed by atoms with Crippen molar-refractivity contribution in [3.8, 4) is 0 Å². The van der Waals surface area contributed by atoms with E-state index in [0.29, 0.717) is 36.9 Å². The molecular weight excluding hydrogens is 383 g/mol. The summed E-state index contributed by atoms with van der Waals surface area (Å²) in [4.78, 5) is 12.4. The fourth-order valence-electron chi connectivity index (χ4n) is 3.23. The van der Waals surface area contributed by atoms with E-state index in [0.717, 1.165) is 0 Å². The number of amides is 1. The first-order chi connectivity index (χ1) is 11.8. The Labute approximate surface area is 158 Å². The second-order valence-corrected chi connectivity index (χ2v) is 9.64. The van der Waals surface area contributed by atoms with Crippen LogP contribution in [0.25, 0.3) is 0 Å². The molecule has 1 atom stereocenters. The minimum Gasteiger partial charge on any atom is -0.353 e. The van der Waals surface area contributed by atoms with Gasteiger partial charge in [0.25, 0.3) is 0 Å². The lowest BCUT2D eigenvalue weighted by Gasteiger charge is -2.31. The van der Waals surface area contributed by atoms with E-state index in [9.17, 15) is 13.2 Å². The molecule has 2 fully saturated rings. The average Bonchev–Trinajstić information content (AvgIpc) is 3.42. The molecule has 1 amide bonds. The van der Waals surface area contributed by atoms with Crippen LogP contribution in [-0.4, -0.2) is 37.8 Å². The van der Waals surface area contributed by atoms with Gasteiger partial charge in [-0.05, 0) is 56.7 Å². The van der Waals surface area contributed by atoms with Gasteiger partial charge in [-0.3, -0.25) is 4.79 Å². The monoisotopic (exact) mass is 404 g/mol. The van der Waals surface area contributed by atoms with E-state index in [1.165, 1.54) is 29.3 Å². The van der Waals surface area contributed by atoms with Crippen molar-refractivity contribution >= 4 is 39.1 Å². The molecule has 8 heteroatoms. The van der Waals surface area contributed by atoms with Gasteiger partial charge in [-0.25, -0.2) is 8.42 Å². The number of piperidine rings is 1. The van der Waals surface area contributed by atoms with Crippen LogP contribution in [0.2, 0.25) is 10.0 Å². The molecule has 0 spiro atoms. The Bertz CT molecular complexity index is 757. The summed E-state index contributed by atoms with van der Waals surface area (Å²) in [7, 11) is -3.71. The van der Waals surface area contributed by atoms with E-state index in [1.807, 2.05) is 6.92 Å². The highest BCUT2D eigenvalue weighted by Gasteiger charge is 2.35. The molecule has 1 aliphatic carbocycles. The Morgan fingerprint density at radius 2 is 1.84 bits per heavy atom. The van der Waals surface area contributed by atoms with Crippen LogP contribution in [0.4, 0.5) is 0 Å². The predicted molar refractivity (Wildman–Crippen MR) is 98.3 cm³/mol. The quantitative estimate of drug-likeness (QED) is 0.818. The lowest BCUT2D eigenvalue weighted by atomic mass is 9.96. The summed E-state index contributed by atoms with van der Waals surface area (Å²) in [6.07, 6.45) is 3.39. The van der Waals surface area contributed by atoms with Crippen molar-refractivity contribution in [1.29, 1.82) is 0 Å². The molecule has 1 unspecified atom stereocenters. The second-order valence-electron chi connectivity index (χ2n) is 6.89. The van der Waals surface area contributed by atoms with Crippen LogP contribution >= 0.6 is 23.2 Å². The first kappa shape index (κ1) is 19.0. The fourth-order valence-corrected chi connectivity index (χ4v) is 5.44. The van der Waals surface area contributed by atoms with Crippen molar-refractivity contribution in [3.05, 3.63) is 28.2 Å². The van der Waals surface area contributed by atoms with Crippen LogP contribution in [0, 0.1) is 11.8 Å². The molecule has 2 aliphatic rings. The molecule has 3 rings (SSSR count). The Morgan fingerprint density at radius 3 is 2.44 bits per heavy atom. The molecule has 1 saturated carbocycles. The van der Waals surface area contributed by atoms with Gasteiger partial charge in [0.05, 0.1) is 5.02 Å². The van der Waals surface area contributed by atoms with Crippen LogP contribution in [0.5, 0.6) is 0 Å². The minimum absolute atomic E-state index is 0.0203. The number of nitrogens with one attached hydrogen (secondary N) is 1. The first-order valence-electron chi connectivity index (χ1n) is 8.54. The second kappa shape index (κ2) is 7.43. The van der Waals surface area contributed by atoms with Crippen molar-refractivity contribution in [2.75, 3.05) is 13.1 Å². The number of benzene rings is 1. The van der Waals surface area contributed by atoms with E-state index < -0.39 is 10.0 Å². The minimum atomic E-state index is -3.71. The SMILES string of the molecule is CC(NC(=O)C1CCN(S(=O)(=O)c2cc(Cl)ccc2Cl)CC1)C1CC1. The highest BCUT2D eigenvalue weighted by Crippen LogP contribution is 2.33. The summed E-state index contributed by atoms with van der Waals surface area (Å²) in [5, 5.41) is 3.55. The van der Waals surface area contributed by atoms with Gasteiger partial charge < -0.3 is 5.32 Å². The molecule has 25 heavy (non-hydrogen) atoms. The largest absolute Gasteiger partial charge is 0.353 e. The highest BCUT2D eigenvalue weighted by atomic mass is 35.5. The van der Waals surface area contributed by atoms with Gasteiger partial charge in [-0.1, -0.05) is 23.2 Å². The smallest absolute Gasteiger partial charge is 0.244 e. The number of sulfonamides is 1. The number of nitrogens with zero attached hydrogens (tertiary/aromatic N) is 1. The Kier molecular flexibility index (Phi) is 5.63. The third kappa shape index (κ3) is 4.30. The summed E-state index contributed by atoms with van der Waals surface area (Å²) < 4.78 is 27.0. The molecule has 0 bridgehead atoms. The van der Waals surface area contributed by atoms with Crippen LogP contribution in [-0.2, 0) is 14.8 Å². The number of halogens is 2. The maximum Gasteiger partial charge on any atom is 0.244 e.